The van der Waals surface area contributed by atoms with Gasteiger partial charge in [0, 0.05) is 0 Å². The summed E-state index contributed by atoms with van der Waals surface area (Å²) in [6.45, 7) is 6.99. The zero-order valence-corrected chi connectivity index (χ0v) is 15.2. The number of rotatable bonds is 1. The minimum absolute atomic E-state index is 0.157. The van der Waals surface area contributed by atoms with E-state index in [0.717, 1.165) is 37.0 Å². The fourth-order valence-corrected chi connectivity index (χ4v) is 8.04. The topological polar surface area (TPSA) is 20.2 Å². The predicted octanol–water partition coefficient (Wildman–Crippen LogP) is 5.36. The minimum atomic E-state index is -0.537. The summed E-state index contributed by atoms with van der Waals surface area (Å²) in [7, 11) is 0. The van der Waals surface area contributed by atoms with Gasteiger partial charge < -0.3 is 5.11 Å². The first-order chi connectivity index (χ1) is 10.9. The molecule has 0 aromatic rings. The monoisotopic (exact) mass is 322 g/mol. The average Bonchev–Trinajstić information content (AvgIpc) is 2.85. The molecule has 0 heterocycles. The number of halogens is 1. The van der Waals surface area contributed by atoms with E-state index in [1.54, 1.807) is 0 Å². The van der Waals surface area contributed by atoms with Gasteiger partial charge in [0.05, 0.1) is 6.10 Å². The third-order valence-corrected chi connectivity index (χ3v) is 9.26. The van der Waals surface area contributed by atoms with Crippen LogP contribution >= 0.6 is 0 Å². The van der Waals surface area contributed by atoms with Gasteiger partial charge in [-0.3, -0.25) is 0 Å². The molecule has 0 amide bonds. The Bertz CT molecular complexity index is 463. The van der Waals surface area contributed by atoms with Crippen LogP contribution in [0.3, 0.4) is 0 Å². The highest BCUT2D eigenvalue weighted by Crippen LogP contribution is 2.67. The number of aliphatic hydroxyl groups is 1. The Morgan fingerprint density at radius 1 is 0.913 bits per heavy atom. The van der Waals surface area contributed by atoms with Crippen molar-refractivity contribution in [2.45, 2.75) is 90.8 Å². The molecule has 4 aliphatic carbocycles. The first-order valence-electron chi connectivity index (χ1n) is 10.2. The van der Waals surface area contributed by atoms with Crippen molar-refractivity contribution in [2.75, 3.05) is 0 Å². The van der Waals surface area contributed by atoms with Crippen molar-refractivity contribution in [3.63, 3.8) is 0 Å². The second-order valence-corrected chi connectivity index (χ2v) is 10.00. The first-order valence-corrected chi connectivity index (χ1v) is 10.2. The van der Waals surface area contributed by atoms with Gasteiger partial charge in [-0.1, -0.05) is 13.8 Å². The van der Waals surface area contributed by atoms with Crippen molar-refractivity contribution in [1.29, 1.82) is 0 Å². The van der Waals surface area contributed by atoms with Gasteiger partial charge in [0.15, 0.2) is 0 Å². The Balaban J connectivity index is 1.60. The predicted molar refractivity (Wildman–Crippen MR) is 91.8 cm³/mol. The van der Waals surface area contributed by atoms with Crippen LogP contribution in [0.5, 0.6) is 0 Å². The summed E-state index contributed by atoms with van der Waals surface area (Å²) >= 11 is 0. The van der Waals surface area contributed by atoms with Gasteiger partial charge in [-0.05, 0) is 105 Å². The van der Waals surface area contributed by atoms with E-state index in [-0.39, 0.29) is 6.10 Å². The van der Waals surface area contributed by atoms with Crippen LogP contribution in [0.4, 0.5) is 4.39 Å². The van der Waals surface area contributed by atoms with Crippen LogP contribution in [-0.2, 0) is 0 Å². The molecule has 0 saturated heterocycles. The molecular formula is C21H35FO. The van der Waals surface area contributed by atoms with Crippen molar-refractivity contribution < 1.29 is 9.50 Å². The molecule has 0 aliphatic heterocycles. The maximum atomic E-state index is 13.9. The molecule has 0 aromatic carbocycles. The lowest BCUT2D eigenvalue weighted by molar-refractivity contribution is -0.126. The zero-order valence-electron chi connectivity index (χ0n) is 15.2. The average molecular weight is 323 g/mol. The summed E-state index contributed by atoms with van der Waals surface area (Å²) in [6, 6.07) is 0. The van der Waals surface area contributed by atoms with E-state index in [1.165, 1.54) is 38.5 Å². The molecule has 0 aromatic heterocycles. The molecule has 1 nitrogen and oxygen atoms in total. The number of alkyl halides is 1. The summed E-state index contributed by atoms with van der Waals surface area (Å²) < 4.78 is 13.9. The van der Waals surface area contributed by atoms with Gasteiger partial charge in [-0.25, -0.2) is 4.39 Å². The molecule has 4 aliphatic rings. The second kappa shape index (κ2) is 5.44. The van der Waals surface area contributed by atoms with Gasteiger partial charge >= 0.3 is 0 Å². The maximum Gasteiger partial charge on any atom is 0.100 e. The highest BCUT2D eigenvalue weighted by molar-refractivity contribution is 5.09. The van der Waals surface area contributed by atoms with E-state index in [9.17, 15) is 9.50 Å². The number of hydrogen-bond acceptors (Lipinski definition) is 1. The second-order valence-electron chi connectivity index (χ2n) is 10.00. The third-order valence-electron chi connectivity index (χ3n) is 9.26. The van der Waals surface area contributed by atoms with Crippen LogP contribution in [0.2, 0.25) is 0 Å². The molecule has 1 N–H and O–H groups in total. The van der Waals surface area contributed by atoms with E-state index in [1.807, 2.05) is 6.92 Å². The Hall–Kier alpha value is -0.110. The van der Waals surface area contributed by atoms with Crippen LogP contribution in [-0.4, -0.2) is 17.4 Å². The molecule has 0 bridgehead atoms. The van der Waals surface area contributed by atoms with E-state index < -0.39 is 6.17 Å². The molecular weight excluding hydrogens is 287 g/mol. The summed E-state index contributed by atoms with van der Waals surface area (Å²) in [5.74, 6) is 3.60. The molecule has 4 fully saturated rings. The van der Waals surface area contributed by atoms with Gasteiger partial charge in [-0.15, -0.1) is 0 Å². The fourth-order valence-electron chi connectivity index (χ4n) is 8.04. The minimum Gasteiger partial charge on any atom is -0.393 e. The van der Waals surface area contributed by atoms with Crippen molar-refractivity contribution in [2.24, 2.45) is 40.4 Å². The molecule has 2 heteroatoms. The standard InChI is InChI=1S/C21H35FO/c1-13(23)17-6-7-18-16-5-4-14-12-15(22)8-10-20(14,2)19(16)9-11-21(17,18)3/h13-19,23H,4-12H2,1-3H3/t13?,14?,15-,16?,17+,18?,19?,20-,21+/m0/s1. The number of aliphatic hydroxyl groups excluding tert-OH is 1. The van der Waals surface area contributed by atoms with Crippen LogP contribution in [0.15, 0.2) is 0 Å². The van der Waals surface area contributed by atoms with Gasteiger partial charge in [0.1, 0.15) is 6.17 Å². The van der Waals surface area contributed by atoms with E-state index in [4.69, 9.17) is 0 Å². The molecule has 4 rings (SSSR count). The largest absolute Gasteiger partial charge is 0.393 e. The lowest BCUT2D eigenvalue weighted by Crippen LogP contribution is -2.54. The Morgan fingerprint density at radius 3 is 2.35 bits per heavy atom. The summed E-state index contributed by atoms with van der Waals surface area (Å²) in [4.78, 5) is 0. The van der Waals surface area contributed by atoms with Gasteiger partial charge in [-0.2, -0.15) is 0 Å². The summed E-state index contributed by atoms with van der Waals surface area (Å²) in [5, 5.41) is 10.3. The normalized spacial score (nSPS) is 57.3. The molecule has 0 spiro atoms. The summed E-state index contributed by atoms with van der Waals surface area (Å²) in [6.07, 6.45) is 9.78. The zero-order chi connectivity index (χ0) is 16.4. The van der Waals surface area contributed by atoms with E-state index in [0.29, 0.717) is 22.7 Å². The maximum absolute atomic E-state index is 13.9. The lowest BCUT2D eigenvalue weighted by Gasteiger charge is -2.61. The molecule has 132 valence electrons. The highest BCUT2D eigenvalue weighted by atomic mass is 19.1. The van der Waals surface area contributed by atoms with E-state index in [2.05, 4.69) is 13.8 Å². The van der Waals surface area contributed by atoms with Crippen LogP contribution in [0.1, 0.15) is 78.6 Å². The quantitative estimate of drug-likeness (QED) is 0.688. The van der Waals surface area contributed by atoms with Crippen LogP contribution < -0.4 is 0 Å². The Morgan fingerprint density at radius 2 is 1.61 bits per heavy atom. The van der Waals surface area contributed by atoms with E-state index >= 15 is 0 Å². The Kier molecular flexibility index (Phi) is 3.87. The van der Waals surface area contributed by atoms with Crippen LogP contribution in [0.25, 0.3) is 0 Å². The molecule has 23 heavy (non-hydrogen) atoms. The van der Waals surface area contributed by atoms with Crippen molar-refractivity contribution >= 4 is 0 Å². The molecule has 9 atom stereocenters. The van der Waals surface area contributed by atoms with Crippen LogP contribution in [0, 0.1) is 40.4 Å². The summed E-state index contributed by atoms with van der Waals surface area (Å²) in [5.41, 5.74) is 0.756. The molecule has 4 saturated carbocycles. The number of fused-ring (bicyclic) bond motifs is 5. The van der Waals surface area contributed by atoms with Gasteiger partial charge in [0.2, 0.25) is 0 Å². The highest BCUT2D eigenvalue weighted by Gasteiger charge is 2.60. The van der Waals surface area contributed by atoms with Crippen molar-refractivity contribution in [1.82, 2.24) is 0 Å². The lowest BCUT2D eigenvalue weighted by atomic mass is 9.44. The Labute approximate surface area is 141 Å². The molecule has 5 unspecified atom stereocenters. The van der Waals surface area contributed by atoms with Crippen molar-refractivity contribution in [3.05, 3.63) is 0 Å². The SMILES string of the molecule is CC(O)[C@H]1CCC2C3CCC4C[C@@H](F)CC[C@]4(C)C3CC[C@@]21C. The smallest absolute Gasteiger partial charge is 0.100 e. The third kappa shape index (κ3) is 2.26. The molecule has 0 radical (unpaired) electrons. The first kappa shape index (κ1) is 16.4. The number of hydrogen-bond donors (Lipinski definition) is 1. The van der Waals surface area contributed by atoms with Gasteiger partial charge in [0.25, 0.3) is 0 Å². The van der Waals surface area contributed by atoms with Crippen molar-refractivity contribution in [3.8, 4) is 0 Å². The fraction of sp³-hybridized carbons (Fsp3) is 1.00.